The van der Waals surface area contributed by atoms with Gasteiger partial charge in [-0.05, 0) is 31.9 Å². The molecule has 6 nitrogen and oxygen atoms in total. The third-order valence-corrected chi connectivity index (χ3v) is 3.35. The van der Waals surface area contributed by atoms with Crippen molar-refractivity contribution in [2.24, 2.45) is 4.99 Å². The van der Waals surface area contributed by atoms with Gasteiger partial charge in [0.2, 0.25) is 0 Å². The number of nitrogens with one attached hydrogen (secondary N) is 2. The number of hydrogen-bond donors (Lipinski definition) is 2. The van der Waals surface area contributed by atoms with Gasteiger partial charge in [-0.25, -0.2) is 0 Å². The minimum absolute atomic E-state index is 0.604. The number of ether oxygens (including phenoxy) is 3. The predicted octanol–water partition coefficient (Wildman–Crippen LogP) is 3.29. The Balaban J connectivity index is 2.42. The van der Waals surface area contributed by atoms with E-state index in [1.807, 2.05) is 25.1 Å². The summed E-state index contributed by atoms with van der Waals surface area (Å²) in [4.78, 5) is 4.23. The molecule has 1 rings (SSSR count). The molecule has 0 saturated carbocycles. The number of aliphatic imine (C=N–C) groups is 1. The Morgan fingerprint density at radius 1 is 1.12 bits per heavy atom. The average molecular weight is 337 g/mol. The minimum atomic E-state index is 0.604. The number of hydrogen-bond acceptors (Lipinski definition) is 4. The number of rotatable bonds is 11. The zero-order chi connectivity index (χ0) is 17.6. The van der Waals surface area contributed by atoms with Crippen LogP contribution in [-0.4, -0.2) is 46.5 Å². The second-order valence-electron chi connectivity index (χ2n) is 5.24. The molecule has 0 aliphatic rings. The normalized spacial score (nSPS) is 11.2. The molecule has 1 aromatic rings. The predicted molar refractivity (Wildman–Crippen MR) is 99.5 cm³/mol. The van der Waals surface area contributed by atoms with Gasteiger partial charge in [0, 0.05) is 38.6 Å². The lowest BCUT2D eigenvalue weighted by molar-refractivity contribution is 0.129. The van der Waals surface area contributed by atoms with E-state index < -0.39 is 0 Å². The molecule has 0 heterocycles. The van der Waals surface area contributed by atoms with Crippen LogP contribution in [0, 0.1) is 0 Å². The fraction of sp³-hybridized carbons (Fsp3) is 0.611. The van der Waals surface area contributed by atoms with Gasteiger partial charge < -0.3 is 24.8 Å². The van der Waals surface area contributed by atoms with Crippen molar-refractivity contribution in [3.8, 4) is 11.5 Å². The molecule has 0 aromatic heterocycles. The van der Waals surface area contributed by atoms with Crippen LogP contribution >= 0.6 is 0 Å². The van der Waals surface area contributed by atoms with E-state index in [9.17, 15) is 0 Å². The highest BCUT2D eigenvalue weighted by molar-refractivity contribution is 5.93. The molecule has 24 heavy (non-hydrogen) atoms. The van der Waals surface area contributed by atoms with Gasteiger partial charge in [0.1, 0.15) is 0 Å². The molecule has 136 valence electrons. The number of benzene rings is 1. The van der Waals surface area contributed by atoms with Crippen molar-refractivity contribution >= 4 is 11.6 Å². The second kappa shape index (κ2) is 12.5. The first-order chi connectivity index (χ1) is 11.7. The van der Waals surface area contributed by atoms with Gasteiger partial charge in [-0.1, -0.05) is 13.3 Å². The van der Waals surface area contributed by atoms with Crippen LogP contribution in [0.25, 0.3) is 0 Å². The summed E-state index contributed by atoms with van der Waals surface area (Å²) in [6, 6.07) is 5.72. The van der Waals surface area contributed by atoms with Gasteiger partial charge in [0.15, 0.2) is 17.5 Å². The highest BCUT2D eigenvalue weighted by atomic mass is 16.5. The van der Waals surface area contributed by atoms with Crippen LogP contribution in [0.1, 0.15) is 33.1 Å². The summed E-state index contributed by atoms with van der Waals surface area (Å²) < 4.78 is 16.4. The Morgan fingerprint density at radius 3 is 2.58 bits per heavy atom. The zero-order valence-corrected chi connectivity index (χ0v) is 15.4. The van der Waals surface area contributed by atoms with Crippen LogP contribution in [0.2, 0.25) is 0 Å². The topological polar surface area (TPSA) is 64.1 Å². The lowest BCUT2D eigenvalue weighted by Crippen LogP contribution is -2.31. The van der Waals surface area contributed by atoms with Gasteiger partial charge in [-0.15, -0.1) is 0 Å². The molecule has 0 radical (unpaired) electrons. The molecule has 0 aliphatic carbocycles. The molecule has 2 N–H and O–H groups in total. The molecule has 6 heteroatoms. The van der Waals surface area contributed by atoms with Crippen molar-refractivity contribution in [3.63, 3.8) is 0 Å². The van der Waals surface area contributed by atoms with Crippen LogP contribution in [-0.2, 0) is 4.74 Å². The van der Waals surface area contributed by atoms with Crippen molar-refractivity contribution in [1.29, 1.82) is 0 Å². The smallest absolute Gasteiger partial charge is 0.195 e. The van der Waals surface area contributed by atoms with Crippen molar-refractivity contribution in [2.75, 3.05) is 45.8 Å². The number of nitrogens with zero attached hydrogens (tertiary/aromatic N) is 1. The first-order valence-corrected chi connectivity index (χ1v) is 8.61. The summed E-state index contributed by atoms with van der Waals surface area (Å²) >= 11 is 0. The molecule has 0 aliphatic heterocycles. The van der Waals surface area contributed by atoms with Crippen LogP contribution in [0.3, 0.4) is 0 Å². The summed E-state index contributed by atoms with van der Waals surface area (Å²) in [5.74, 6) is 2.15. The van der Waals surface area contributed by atoms with Crippen LogP contribution in [0.5, 0.6) is 11.5 Å². The Hall–Kier alpha value is -1.95. The maximum atomic E-state index is 5.54. The van der Waals surface area contributed by atoms with E-state index in [4.69, 9.17) is 14.2 Å². The highest BCUT2D eigenvalue weighted by Gasteiger charge is 2.06. The molecule has 0 amide bonds. The van der Waals surface area contributed by atoms with Crippen molar-refractivity contribution in [3.05, 3.63) is 18.2 Å². The molecule has 0 bridgehead atoms. The standard InChI is InChI=1S/C18H31N3O3/c1-5-7-12-23-13-8-11-20-18(19-3)21-15-9-10-16(24-6-2)17(14-15)22-4/h9-10,14H,5-8,11-13H2,1-4H3,(H2,19,20,21). The summed E-state index contributed by atoms with van der Waals surface area (Å²) in [5.41, 5.74) is 0.891. The molecule has 0 fully saturated rings. The van der Waals surface area contributed by atoms with E-state index >= 15 is 0 Å². The van der Waals surface area contributed by atoms with E-state index in [1.165, 1.54) is 6.42 Å². The molecular weight excluding hydrogens is 306 g/mol. The van der Waals surface area contributed by atoms with Crippen LogP contribution in [0.4, 0.5) is 5.69 Å². The third-order valence-electron chi connectivity index (χ3n) is 3.35. The Morgan fingerprint density at radius 2 is 1.92 bits per heavy atom. The van der Waals surface area contributed by atoms with Gasteiger partial charge in [0.05, 0.1) is 13.7 Å². The first-order valence-electron chi connectivity index (χ1n) is 8.61. The minimum Gasteiger partial charge on any atom is -0.493 e. The Labute approximate surface area is 145 Å². The second-order valence-corrected chi connectivity index (χ2v) is 5.24. The third kappa shape index (κ3) is 7.55. The zero-order valence-electron chi connectivity index (χ0n) is 15.4. The summed E-state index contributed by atoms with van der Waals surface area (Å²) in [6.45, 7) is 7.13. The molecule has 0 atom stereocenters. The number of anilines is 1. The van der Waals surface area contributed by atoms with Crippen molar-refractivity contribution in [2.45, 2.75) is 33.1 Å². The molecule has 1 aromatic carbocycles. The maximum absolute atomic E-state index is 5.54. The fourth-order valence-electron chi connectivity index (χ4n) is 2.07. The number of guanidine groups is 1. The molecular formula is C18H31N3O3. The van der Waals surface area contributed by atoms with E-state index in [2.05, 4.69) is 22.5 Å². The van der Waals surface area contributed by atoms with Crippen molar-refractivity contribution < 1.29 is 14.2 Å². The van der Waals surface area contributed by atoms with Gasteiger partial charge >= 0.3 is 0 Å². The summed E-state index contributed by atoms with van der Waals surface area (Å²) in [5, 5.41) is 6.52. The van der Waals surface area contributed by atoms with E-state index in [0.717, 1.165) is 50.0 Å². The largest absolute Gasteiger partial charge is 0.493 e. The Bertz CT molecular complexity index is 492. The Kier molecular flexibility index (Phi) is 10.4. The summed E-state index contributed by atoms with van der Waals surface area (Å²) in [6.07, 6.45) is 3.23. The van der Waals surface area contributed by atoms with E-state index in [0.29, 0.717) is 12.4 Å². The summed E-state index contributed by atoms with van der Waals surface area (Å²) in [7, 11) is 3.38. The van der Waals surface area contributed by atoms with Crippen LogP contribution in [0.15, 0.2) is 23.2 Å². The van der Waals surface area contributed by atoms with Gasteiger partial charge in [-0.3, -0.25) is 4.99 Å². The maximum Gasteiger partial charge on any atom is 0.195 e. The number of methoxy groups -OCH3 is 1. The van der Waals surface area contributed by atoms with E-state index in [-0.39, 0.29) is 0 Å². The number of unbranched alkanes of at least 4 members (excludes halogenated alkanes) is 1. The van der Waals surface area contributed by atoms with Crippen LogP contribution < -0.4 is 20.1 Å². The fourth-order valence-corrected chi connectivity index (χ4v) is 2.07. The molecule has 0 saturated heterocycles. The van der Waals surface area contributed by atoms with Crippen molar-refractivity contribution in [1.82, 2.24) is 5.32 Å². The van der Waals surface area contributed by atoms with E-state index in [1.54, 1.807) is 14.2 Å². The van der Waals surface area contributed by atoms with Gasteiger partial charge in [-0.2, -0.15) is 0 Å². The average Bonchev–Trinajstić information content (AvgIpc) is 2.61. The highest BCUT2D eigenvalue weighted by Crippen LogP contribution is 2.30. The molecule has 0 unspecified atom stereocenters. The monoisotopic (exact) mass is 337 g/mol. The quantitative estimate of drug-likeness (QED) is 0.368. The van der Waals surface area contributed by atoms with Gasteiger partial charge in [0.25, 0.3) is 0 Å². The lowest BCUT2D eigenvalue weighted by Gasteiger charge is -2.14. The lowest BCUT2D eigenvalue weighted by atomic mass is 10.2. The SMILES string of the molecule is CCCCOCCCNC(=NC)Nc1ccc(OCC)c(OC)c1. The molecule has 0 spiro atoms. The first kappa shape index (κ1) is 20.1.